The van der Waals surface area contributed by atoms with E-state index in [0.29, 0.717) is 12.3 Å². The van der Waals surface area contributed by atoms with Gasteiger partial charge in [0.05, 0.1) is 0 Å². The predicted molar refractivity (Wildman–Crippen MR) is 71.9 cm³/mol. The predicted octanol–water partition coefficient (Wildman–Crippen LogP) is 2.79. The number of aliphatic carboxylic acids is 1. The molecule has 5 nitrogen and oxygen atoms in total. The molecule has 0 aliphatic heterocycles. The van der Waals surface area contributed by atoms with Crippen LogP contribution in [0.1, 0.15) is 53.9 Å². The quantitative estimate of drug-likeness (QED) is 0.824. The van der Waals surface area contributed by atoms with Gasteiger partial charge < -0.3 is 15.2 Å². The first-order valence-corrected chi connectivity index (χ1v) is 6.81. The van der Waals surface area contributed by atoms with Crippen molar-refractivity contribution < 1.29 is 19.4 Å². The highest BCUT2D eigenvalue weighted by molar-refractivity contribution is 5.86. The summed E-state index contributed by atoms with van der Waals surface area (Å²) in [5.74, 6) is -0.572. The lowest BCUT2D eigenvalue weighted by molar-refractivity contribution is -0.153. The first-order valence-electron chi connectivity index (χ1n) is 6.81. The van der Waals surface area contributed by atoms with Crippen molar-refractivity contribution in [1.29, 1.82) is 0 Å². The highest BCUT2D eigenvalue weighted by Gasteiger charge is 2.54. The number of hydrogen-bond donors (Lipinski definition) is 2. The smallest absolute Gasteiger partial charge is 0.408 e. The molecule has 2 atom stereocenters. The Labute approximate surface area is 114 Å². The Morgan fingerprint density at radius 3 is 2.32 bits per heavy atom. The SMILES string of the molecule is CC(C)C[C@H]1CC[C@@]1(NC(=O)OC(C)(C)C)C(=O)O. The maximum Gasteiger partial charge on any atom is 0.408 e. The monoisotopic (exact) mass is 271 g/mol. The van der Waals surface area contributed by atoms with Gasteiger partial charge in [-0.05, 0) is 51.9 Å². The molecule has 0 spiro atoms. The van der Waals surface area contributed by atoms with Crippen LogP contribution in [-0.2, 0) is 9.53 Å². The number of carboxylic acids is 1. The van der Waals surface area contributed by atoms with E-state index in [1.807, 2.05) is 0 Å². The third-order valence-corrected chi connectivity index (χ3v) is 3.45. The second-order valence-corrected chi connectivity index (χ2v) is 6.77. The van der Waals surface area contributed by atoms with Gasteiger partial charge in [-0.15, -0.1) is 0 Å². The van der Waals surface area contributed by atoms with Crippen molar-refractivity contribution in [2.45, 2.75) is 65.0 Å². The number of carboxylic acid groups (broad SMARTS) is 1. The molecule has 0 bridgehead atoms. The van der Waals surface area contributed by atoms with Crippen molar-refractivity contribution >= 4 is 12.1 Å². The van der Waals surface area contributed by atoms with Gasteiger partial charge in [0.1, 0.15) is 11.1 Å². The van der Waals surface area contributed by atoms with E-state index >= 15 is 0 Å². The molecule has 2 N–H and O–H groups in total. The molecule has 0 aromatic rings. The minimum Gasteiger partial charge on any atom is -0.479 e. The molecule has 0 saturated heterocycles. The fraction of sp³-hybridized carbons (Fsp3) is 0.857. The van der Waals surface area contributed by atoms with Crippen LogP contribution in [0.15, 0.2) is 0 Å². The number of ether oxygens (including phenoxy) is 1. The molecule has 0 aromatic heterocycles. The standard InChI is InChI=1S/C14H25NO4/c1-9(2)8-10-6-7-14(10,11(16)17)15-12(18)19-13(3,4)5/h9-10H,6-8H2,1-5H3,(H,15,18)(H,16,17)/t10-,14+/m1/s1. The number of hydrogen-bond acceptors (Lipinski definition) is 3. The summed E-state index contributed by atoms with van der Waals surface area (Å²) in [5.41, 5.74) is -1.77. The lowest BCUT2D eigenvalue weighted by atomic mass is 9.63. The van der Waals surface area contributed by atoms with Gasteiger partial charge in [0, 0.05) is 0 Å². The van der Waals surface area contributed by atoms with Gasteiger partial charge in [-0.1, -0.05) is 13.8 Å². The maximum atomic E-state index is 11.8. The fourth-order valence-corrected chi connectivity index (χ4v) is 2.51. The Morgan fingerprint density at radius 2 is 2.00 bits per heavy atom. The Bertz CT molecular complexity index is 359. The third kappa shape index (κ3) is 3.85. The molecule has 110 valence electrons. The summed E-state index contributed by atoms with van der Waals surface area (Å²) in [7, 11) is 0. The summed E-state index contributed by atoms with van der Waals surface area (Å²) >= 11 is 0. The van der Waals surface area contributed by atoms with E-state index in [2.05, 4.69) is 19.2 Å². The highest BCUT2D eigenvalue weighted by atomic mass is 16.6. The number of carbonyl (C=O) groups is 2. The lowest BCUT2D eigenvalue weighted by Gasteiger charge is -2.47. The normalized spacial score (nSPS) is 26.7. The lowest BCUT2D eigenvalue weighted by Crippen LogP contribution is -2.65. The van der Waals surface area contributed by atoms with Crippen molar-refractivity contribution in [2.75, 3.05) is 0 Å². The Hall–Kier alpha value is -1.26. The van der Waals surface area contributed by atoms with Crippen molar-refractivity contribution in [3.05, 3.63) is 0 Å². The molecule has 1 saturated carbocycles. The molecule has 0 radical (unpaired) electrons. The second-order valence-electron chi connectivity index (χ2n) is 6.77. The van der Waals surface area contributed by atoms with Gasteiger partial charge >= 0.3 is 12.1 Å². The molecule has 1 aliphatic carbocycles. The number of amides is 1. The summed E-state index contributed by atoms with van der Waals surface area (Å²) < 4.78 is 5.16. The Balaban J connectivity index is 2.74. The summed E-state index contributed by atoms with van der Waals surface area (Å²) in [6.07, 6.45) is 1.45. The first-order chi connectivity index (χ1) is 8.57. The summed E-state index contributed by atoms with van der Waals surface area (Å²) in [4.78, 5) is 23.3. The molecule has 1 amide bonds. The summed E-state index contributed by atoms with van der Waals surface area (Å²) in [6.45, 7) is 9.38. The van der Waals surface area contributed by atoms with Crippen LogP contribution in [0.2, 0.25) is 0 Å². The van der Waals surface area contributed by atoms with Crippen LogP contribution in [0.5, 0.6) is 0 Å². The maximum absolute atomic E-state index is 11.8. The molecular formula is C14H25NO4. The van der Waals surface area contributed by atoms with Gasteiger partial charge in [0.2, 0.25) is 0 Å². The molecule has 1 aliphatic rings. The fourth-order valence-electron chi connectivity index (χ4n) is 2.51. The van der Waals surface area contributed by atoms with Crippen molar-refractivity contribution in [2.24, 2.45) is 11.8 Å². The van der Waals surface area contributed by atoms with E-state index in [-0.39, 0.29) is 5.92 Å². The molecule has 0 heterocycles. The van der Waals surface area contributed by atoms with E-state index in [9.17, 15) is 14.7 Å². The third-order valence-electron chi connectivity index (χ3n) is 3.45. The zero-order valence-corrected chi connectivity index (χ0v) is 12.4. The molecule has 0 unspecified atom stereocenters. The molecule has 1 rings (SSSR count). The van der Waals surface area contributed by atoms with Gasteiger partial charge in [-0.3, -0.25) is 0 Å². The largest absolute Gasteiger partial charge is 0.479 e. The number of alkyl carbamates (subject to hydrolysis) is 1. The number of rotatable bonds is 4. The molecule has 5 heteroatoms. The average molecular weight is 271 g/mol. The van der Waals surface area contributed by atoms with Crippen LogP contribution in [0.3, 0.4) is 0 Å². The minimum atomic E-state index is -1.15. The van der Waals surface area contributed by atoms with Gasteiger partial charge in [-0.2, -0.15) is 0 Å². The zero-order chi connectivity index (χ0) is 14.8. The van der Waals surface area contributed by atoms with Gasteiger partial charge in [-0.25, -0.2) is 9.59 Å². The van der Waals surface area contributed by atoms with Crippen LogP contribution in [0.4, 0.5) is 4.79 Å². The van der Waals surface area contributed by atoms with Crippen LogP contribution in [0, 0.1) is 11.8 Å². The zero-order valence-electron chi connectivity index (χ0n) is 12.4. The molecule has 0 aromatic carbocycles. The van der Waals surface area contributed by atoms with Crippen LogP contribution in [0.25, 0.3) is 0 Å². The topological polar surface area (TPSA) is 75.6 Å². The van der Waals surface area contributed by atoms with E-state index in [4.69, 9.17) is 4.74 Å². The molecule has 19 heavy (non-hydrogen) atoms. The Morgan fingerprint density at radius 1 is 1.42 bits per heavy atom. The van der Waals surface area contributed by atoms with Crippen molar-refractivity contribution in [3.63, 3.8) is 0 Å². The van der Waals surface area contributed by atoms with Gasteiger partial charge in [0.15, 0.2) is 0 Å². The minimum absolute atomic E-state index is 0.0162. The van der Waals surface area contributed by atoms with Crippen LogP contribution >= 0.6 is 0 Å². The van der Waals surface area contributed by atoms with E-state index in [0.717, 1.165) is 12.8 Å². The van der Waals surface area contributed by atoms with Gasteiger partial charge in [0.25, 0.3) is 0 Å². The molecule has 1 fully saturated rings. The van der Waals surface area contributed by atoms with Crippen LogP contribution < -0.4 is 5.32 Å². The first kappa shape index (κ1) is 15.8. The average Bonchev–Trinajstić information content (AvgIpc) is 2.17. The number of carbonyl (C=O) groups excluding carboxylic acids is 1. The van der Waals surface area contributed by atoms with Crippen molar-refractivity contribution in [3.8, 4) is 0 Å². The van der Waals surface area contributed by atoms with E-state index in [1.165, 1.54) is 0 Å². The summed E-state index contributed by atoms with van der Waals surface area (Å²) in [6, 6.07) is 0. The van der Waals surface area contributed by atoms with Crippen LogP contribution in [-0.4, -0.2) is 28.3 Å². The highest BCUT2D eigenvalue weighted by Crippen LogP contribution is 2.43. The van der Waals surface area contributed by atoms with Crippen molar-refractivity contribution in [1.82, 2.24) is 5.32 Å². The second kappa shape index (κ2) is 5.39. The Kier molecular flexibility index (Phi) is 4.48. The molecular weight excluding hydrogens is 246 g/mol. The van der Waals surface area contributed by atoms with E-state index in [1.54, 1.807) is 20.8 Å². The summed E-state index contributed by atoms with van der Waals surface area (Å²) in [5, 5.41) is 12.0. The number of nitrogens with one attached hydrogen (secondary N) is 1. The van der Waals surface area contributed by atoms with E-state index < -0.39 is 23.2 Å².